The van der Waals surface area contributed by atoms with Gasteiger partial charge in [0.15, 0.2) is 0 Å². The number of para-hydroxylation sites is 1. The molecule has 0 spiro atoms. The number of anilines is 3. The van der Waals surface area contributed by atoms with Crippen molar-refractivity contribution in [3.05, 3.63) is 163 Å². The molecular weight excluding hydrogens is 563 g/mol. The summed E-state index contributed by atoms with van der Waals surface area (Å²) in [6.45, 7) is 4.72. The first-order valence-electron chi connectivity index (χ1n) is 15.6. The van der Waals surface area contributed by atoms with Crippen molar-refractivity contribution in [3.8, 4) is 22.3 Å². The van der Waals surface area contributed by atoms with E-state index < -0.39 is 0 Å². The van der Waals surface area contributed by atoms with Gasteiger partial charge in [-0.25, -0.2) is 0 Å². The maximum absolute atomic E-state index is 2.48. The summed E-state index contributed by atoms with van der Waals surface area (Å²) in [6, 6.07) is 55.9. The van der Waals surface area contributed by atoms with E-state index in [1.54, 1.807) is 0 Å². The zero-order valence-corrected chi connectivity index (χ0v) is 26.1. The van der Waals surface area contributed by atoms with E-state index in [1.165, 1.54) is 81.4 Å². The summed E-state index contributed by atoms with van der Waals surface area (Å²) in [4.78, 5) is 2.48. The molecule has 0 amide bonds. The lowest BCUT2D eigenvalue weighted by Gasteiger charge is -2.30. The number of hydrogen-bond donors (Lipinski definition) is 0. The molecule has 1 aliphatic rings. The Kier molecular flexibility index (Phi) is 5.78. The molecule has 214 valence electrons. The molecule has 2 heteroatoms. The maximum Gasteiger partial charge on any atom is 0.0540 e. The molecule has 0 bridgehead atoms. The molecule has 0 saturated carbocycles. The highest BCUT2D eigenvalue weighted by molar-refractivity contribution is 7.25. The fraction of sp³-hybridized carbons (Fsp3) is 0.0698. The Balaban J connectivity index is 1.29. The summed E-state index contributed by atoms with van der Waals surface area (Å²) in [5.74, 6) is 0. The maximum atomic E-state index is 2.48. The quantitative estimate of drug-likeness (QED) is 0.196. The van der Waals surface area contributed by atoms with Gasteiger partial charge in [0.2, 0.25) is 0 Å². The fourth-order valence-electron chi connectivity index (χ4n) is 7.45. The van der Waals surface area contributed by atoms with Gasteiger partial charge >= 0.3 is 0 Å². The molecule has 1 heterocycles. The molecule has 9 rings (SSSR count). The van der Waals surface area contributed by atoms with Crippen LogP contribution in [0.25, 0.3) is 53.2 Å². The van der Waals surface area contributed by atoms with E-state index in [0.29, 0.717) is 0 Å². The van der Waals surface area contributed by atoms with E-state index >= 15 is 0 Å². The topological polar surface area (TPSA) is 3.24 Å². The van der Waals surface area contributed by atoms with Crippen LogP contribution in [0.1, 0.15) is 25.0 Å². The van der Waals surface area contributed by atoms with Crippen molar-refractivity contribution >= 4 is 59.3 Å². The van der Waals surface area contributed by atoms with Crippen LogP contribution in [-0.4, -0.2) is 0 Å². The van der Waals surface area contributed by atoms with Crippen LogP contribution >= 0.6 is 11.3 Å². The van der Waals surface area contributed by atoms with Crippen LogP contribution in [0.3, 0.4) is 0 Å². The number of hydrogen-bond acceptors (Lipinski definition) is 2. The first kappa shape index (κ1) is 26.2. The summed E-state index contributed by atoms with van der Waals surface area (Å²) < 4.78 is 2.65. The fourth-order valence-corrected chi connectivity index (χ4v) is 8.59. The van der Waals surface area contributed by atoms with Gasteiger partial charge in [-0.2, -0.15) is 0 Å². The number of rotatable bonds is 4. The van der Waals surface area contributed by atoms with E-state index in [0.717, 1.165) is 0 Å². The van der Waals surface area contributed by atoms with Gasteiger partial charge in [-0.1, -0.05) is 129 Å². The molecule has 45 heavy (non-hydrogen) atoms. The van der Waals surface area contributed by atoms with Crippen LogP contribution in [0, 0.1) is 0 Å². The third-order valence-electron chi connectivity index (χ3n) is 9.67. The third-order valence-corrected chi connectivity index (χ3v) is 10.8. The van der Waals surface area contributed by atoms with Crippen molar-refractivity contribution in [1.82, 2.24) is 0 Å². The van der Waals surface area contributed by atoms with Crippen LogP contribution < -0.4 is 4.90 Å². The molecule has 0 saturated heterocycles. The summed E-state index contributed by atoms with van der Waals surface area (Å²) in [5, 5.41) is 5.12. The van der Waals surface area contributed by atoms with E-state index in [4.69, 9.17) is 0 Å². The Morgan fingerprint density at radius 3 is 2.04 bits per heavy atom. The van der Waals surface area contributed by atoms with Gasteiger partial charge in [-0.15, -0.1) is 11.3 Å². The Morgan fingerprint density at radius 2 is 1.13 bits per heavy atom. The minimum atomic E-state index is -0.0852. The van der Waals surface area contributed by atoms with E-state index in [2.05, 4.69) is 170 Å². The Hall–Kier alpha value is -5.18. The van der Waals surface area contributed by atoms with Crippen molar-refractivity contribution in [1.29, 1.82) is 0 Å². The summed E-state index contributed by atoms with van der Waals surface area (Å²) in [5.41, 5.74) is 11.3. The highest BCUT2D eigenvalue weighted by Gasteiger charge is 2.36. The third kappa shape index (κ3) is 3.99. The van der Waals surface area contributed by atoms with Crippen LogP contribution in [0.15, 0.2) is 152 Å². The second-order valence-corrected chi connectivity index (χ2v) is 13.6. The van der Waals surface area contributed by atoms with E-state index in [1.807, 2.05) is 11.3 Å². The van der Waals surface area contributed by atoms with Gasteiger partial charge in [0.25, 0.3) is 0 Å². The molecular formula is C43H31NS. The number of thiophene rings is 1. The molecule has 1 aliphatic carbocycles. The Morgan fingerprint density at radius 1 is 0.467 bits per heavy atom. The van der Waals surface area contributed by atoms with Gasteiger partial charge in [0.1, 0.15) is 0 Å². The minimum absolute atomic E-state index is 0.0852. The van der Waals surface area contributed by atoms with Crippen molar-refractivity contribution < 1.29 is 0 Å². The zero-order valence-electron chi connectivity index (χ0n) is 25.3. The Bertz CT molecular complexity index is 2420. The molecule has 1 aromatic heterocycles. The number of fused-ring (bicyclic) bond motifs is 7. The summed E-state index contributed by atoms with van der Waals surface area (Å²) >= 11 is 1.87. The normalized spacial score (nSPS) is 13.3. The van der Waals surface area contributed by atoms with Crippen molar-refractivity contribution in [2.24, 2.45) is 0 Å². The lowest BCUT2D eigenvalue weighted by Crippen LogP contribution is -2.17. The van der Waals surface area contributed by atoms with Gasteiger partial charge in [-0.3, -0.25) is 0 Å². The molecule has 0 unspecified atom stereocenters. The lowest BCUT2D eigenvalue weighted by atomic mass is 9.82. The lowest BCUT2D eigenvalue weighted by molar-refractivity contribution is 0.660. The van der Waals surface area contributed by atoms with Gasteiger partial charge < -0.3 is 4.90 Å². The van der Waals surface area contributed by atoms with Crippen molar-refractivity contribution in [2.45, 2.75) is 19.3 Å². The van der Waals surface area contributed by atoms with Gasteiger partial charge in [0, 0.05) is 42.2 Å². The molecule has 0 aliphatic heterocycles. The van der Waals surface area contributed by atoms with Crippen LogP contribution in [0.5, 0.6) is 0 Å². The summed E-state index contributed by atoms with van der Waals surface area (Å²) in [7, 11) is 0. The predicted molar refractivity (Wildman–Crippen MR) is 195 cm³/mol. The number of nitrogens with zero attached hydrogens (tertiary/aromatic N) is 1. The zero-order chi connectivity index (χ0) is 30.1. The largest absolute Gasteiger partial charge is 0.309 e. The molecule has 0 N–H and O–H groups in total. The average molecular weight is 594 g/mol. The molecule has 7 aromatic carbocycles. The molecule has 0 radical (unpaired) electrons. The first-order valence-corrected chi connectivity index (χ1v) is 16.4. The number of benzene rings is 7. The average Bonchev–Trinajstić information content (AvgIpc) is 3.57. The molecule has 8 aromatic rings. The second kappa shape index (κ2) is 9.92. The van der Waals surface area contributed by atoms with E-state index in [-0.39, 0.29) is 5.41 Å². The smallest absolute Gasteiger partial charge is 0.0540 e. The van der Waals surface area contributed by atoms with Crippen molar-refractivity contribution in [3.63, 3.8) is 0 Å². The molecule has 1 nitrogen and oxygen atoms in total. The monoisotopic (exact) mass is 593 g/mol. The van der Waals surface area contributed by atoms with Crippen LogP contribution in [0.2, 0.25) is 0 Å². The Labute approximate surface area is 267 Å². The SMILES string of the molecule is CC1(C)c2ccccc2-c2ccc(N(c3ccccc3-c3ccc4c(c3)sc3ccccc34)c3cccc4ccccc34)cc21. The second-order valence-electron chi connectivity index (χ2n) is 12.6. The highest BCUT2D eigenvalue weighted by Crippen LogP contribution is 2.52. The predicted octanol–water partition coefficient (Wildman–Crippen LogP) is 12.7. The van der Waals surface area contributed by atoms with Gasteiger partial charge in [-0.05, 0) is 69.6 Å². The van der Waals surface area contributed by atoms with Crippen LogP contribution in [-0.2, 0) is 5.41 Å². The van der Waals surface area contributed by atoms with Gasteiger partial charge in [0.05, 0.1) is 11.4 Å². The molecule has 0 atom stereocenters. The minimum Gasteiger partial charge on any atom is -0.309 e. The molecule has 0 fully saturated rings. The van der Waals surface area contributed by atoms with E-state index in [9.17, 15) is 0 Å². The first-order chi connectivity index (χ1) is 22.1. The standard InChI is InChI=1S/C43H31NS/c1-43(2)37-18-8-5-16-33(37)34-25-23-30(27-38(34)43)44(40-20-11-13-28-12-3-4-14-31(28)40)39-19-9-6-15-32(39)29-22-24-36-35-17-7-10-21-41(35)45-42(36)26-29/h3-27H,1-2H3. The summed E-state index contributed by atoms with van der Waals surface area (Å²) in [6.07, 6.45) is 0. The van der Waals surface area contributed by atoms with Crippen molar-refractivity contribution in [2.75, 3.05) is 4.90 Å². The van der Waals surface area contributed by atoms with Crippen LogP contribution in [0.4, 0.5) is 17.1 Å². The highest BCUT2D eigenvalue weighted by atomic mass is 32.1.